The summed E-state index contributed by atoms with van der Waals surface area (Å²) in [6.45, 7) is 3.77. The first-order valence-corrected chi connectivity index (χ1v) is 8.88. The van der Waals surface area contributed by atoms with Crippen LogP contribution in [0.5, 0.6) is 0 Å². The first kappa shape index (κ1) is 15.8. The molecule has 2 unspecified atom stereocenters. The Morgan fingerprint density at radius 2 is 2.00 bits per heavy atom. The van der Waals surface area contributed by atoms with Gasteiger partial charge >= 0.3 is 0 Å². The fraction of sp³-hybridized carbons (Fsp3) is 0.533. The summed E-state index contributed by atoms with van der Waals surface area (Å²) in [6, 6.07) is 7.45. The Morgan fingerprint density at radius 3 is 2.52 bits per heavy atom. The molecule has 21 heavy (non-hydrogen) atoms. The standard InChI is InChI=1S/C15H22N2O3S/c1-11(12-3-5-13(16)6-4-12)9-14(18)17-15(2)7-8-21(19,20)10-15/h3-6,11H,7-10,16H2,1-2H3,(H,17,18). The molecular formula is C15H22N2O3S. The number of sulfone groups is 1. The topological polar surface area (TPSA) is 89.3 Å². The van der Waals surface area contributed by atoms with Crippen LogP contribution in [0.4, 0.5) is 5.69 Å². The van der Waals surface area contributed by atoms with E-state index in [1.165, 1.54) is 0 Å². The predicted molar refractivity (Wildman–Crippen MR) is 83.7 cm³/mol. The van der Waals surface area contributed by atoms with Gasteiger partial charge in [0.15, 0.2) is 9.84 Å². The van der Waals surface area contributed by atoms with Gasteiger partial charge in [-0.2, -0.15) is 0 Å². The van der Waals surface area contributed by atoms with E-state index in [0.717, 1.165) is 5.56 Å². The van der Waals surface area contributed by atoms with Crippen molar-refractivity contribution >= 4 is 21.4 Å². The predicted octanol–water partition coefficient (Wildman–Crippen LogP) is 1.46. The maximum Gasteiger partial charge on any atom is 0.221 e. The van der Waals surface area contributed by atoms with E-state index in [4.69, 9.17) is 5.73 Å². The summed E-state index contributed by atoms with van der Waals surface area (Å²) < 4.78 is 23.1. The summed E-state index contributed by atoms with van der Waals surface area (Å²) in [4.78, 5) is 12.1. The van der Waals surface area contributed by atoms with Gasteiger partial charge < -0.3 is 11.1 Å². The summed E-state index contributed by atoms with van der Waals surface area (Å²) in [6.07, 6.45) is 0.816. The lowest BCUT2D eigenvalue weighted by molar-refractivity contribution is -0.122. The van der Waals surface area contributed by atoms with Crippen LogP contribution in [0, 0.1) is 0 Å². The number of nitrogens with one attached hydrogen (secondary N) is 1. The van der Waals surface area contributed by atoms with Crippen LogP contribution in [0.3, 0.4) is 0 Å². The molecule has 0 radical (unpaired) electrons. The summed E-state index contributed by atoms with van der Waals surface area (Å²) in [7, 11) is -3.01. The third-order valence-electron chi connectivity index (χ3n) is 3.94. The zero-order valence-corrected chi connectivity index (χ0v) is 13.2. The maximum atomic E-state index is 12.1. The Hall–Kier alpha value is -1.56. The van der Waals surface area contributed by atoms with Crippen molar-refractivity contribution in [2.45, 2.75) is 38.1 Å². The number of anilines is 1. The van der Waals surface area contributed by atoms with Crippen molar-refractivity contribution in [3.63, 3.8) is 0 Å². The van der Waals surface area contributed by atoms with Gasteiger partial charge in [-0.3, -0.25) is 4.79 Å². The summed E-state index contributed by atoms with van der Waals surface area (Å²) in [5, 5.41) is 2.88. The first-order valence-electron chi connectivity index (χ1n) is 7.06. The summed E-state index contributed by atoms with van der Waals surface area (Å²) >= 11 is 0. The number of benzene rings is 1. The van der Waals surface area contributed by atoms with Crippen LogP contribution >= 0.6 is 0 Å². The van der Waals surface area contributed by atoms with E-state index in [-0.39, 0.29) is 23.3 Å². The van der Waals surface area contributed by atoms with Crippen molar-refractivity contribution in [3.05, 3.63) is 29.8 Å². The lowest BCUT2D eigenvalue weighted by Crippen LogP contribution is -2.47. The zero-order valence-electron chi connectivity index (χ0n) is 12.4. The van der Waals surface area contributed by atoms with Crippen LogP contribution in [0.25, 0.3) is 0 Å². The number of hydrogen-bond donors (Lipinski definition) is 2. The van der Waals surface area contributed by atoms with Gasteiger partial charge in [-0.05, 0) is 37.0 Å². The van der Waals surface area contributed by atoms with Gasteiger partial charge in [-0.1, -0.05) is 19.1 Å². The van der Waals surface area contributed by atoms with Gasteiger partial charge in [-0.25, -0.2) is 8.42 Å². The summed E-state index contributed by atoms with van der Waals surface area (Å²) in [5.74, 6) is 0.130. The molecule has 3 N–H and O–H groups in total. The number of nitrogens with two attached hydrogens (primary N) is 1. The monoisotopic (exact) mass is 310 g/mol. The Labute approximate surface area is 125 Å². The zero-order chi connectivity index (χ0) is 15.7. The highest BCUT2D eigenvalue weighted by atomic mass is 32.2. The molecule has 1 aliphatic heterocycles. The first-order chi connectivity index (χ1) is 9.69. The van der Waals surface area contributed by atoms with Crippen LogP contribution in [0.15, 0.2) is 24.3 Å². The fourth-order valence-electron chi connectivity index (χ4n) is 2.72. The molecule has 1 aromatic carbocycles. The van der Waals surface area contributed by atoms with Crippen LogP contribution in [-0.2, 0) is 14.6 Å². The van der Waals surface area contributed by atoms with Gasteiger partial charge in [0.25, 0.3) is 0 Å². The highest BCUT2D eigenvalue weighted by Crippen LogP contribution is 2.25. The molecule has 1 heterocycles. The second-order valence-electron chi connectivity index (χ2n) is 6.22. The molecule has 2 atom stereocenters. The van der Waals surface area contributed by atoms with Gasteiger partial charge in [0.05, 0.1) is 17.0 Å². The second kappa shape index (κ2) is 5.67. The lowest BCUT2D eigenvalue weighted by atomic mass is 9.95. The highest BCUT2D eigenvalue weighted by Gasteiger charge is 2.39. The minimum absolute atomic E-state index is 0.0298. The van der Waals surface area contributed by atoms with Crippen molar-refractivity contribution in [1.29, 1.82) is 0 Å². The molecule has 0 aliphatic carbocycles. The molecule has 0 saturated carbocycles. The Morgan fingerprint density at radius 1 is 1.38 bits per heavy atom. The van der Waals surface area contributed by atoms with E-state index >= 15 is 0 Å². The van der Waals surface area contributed by atoms with Gasteiger partial charge in [0.2, 0.25) is 5.91 Å². The van der Waals surface area contributed by atoms with Crippen LogP contribution in [0.2, 0.25) is 0 Å². The van der Waals surface area contributed by atoms with Gasteiger partial charge in [-0.15, -0.1) is 0 Å². The molecule has 0 aromatic heterocycles. The van der Waals surface area contributed by atoms with Crippen molar-refractivity contribution in [2.24, 2.45) is 0 Å². The summed E-state index contributed by atoms with van der Waals surface area (Å²) in [5.41, 5.74) is 6.75. The van der Waals surface area contributed by atoms with Gasteiger partial charge in [0, 0.05) is 12.1 Å². The molecule has 5 nitrogen and oxygen atoms in total. The largest absolute Gasteiger partial charge is 0.399 e. The smallest absolute Gasteiger partial charge is 0.221 e. The quantitative estimate of drug-likeness (QED) is 0.824. The minimum Gasteiger partial charge on any atom is -0.399 e. The maximum absolute atomic E-state index is 12.1. The number of carbonyl (C=O) groups excluding carboxylic acids is 1. The van der Waals surface area contributed by atoms with Crippen molar-refractivity contribution in [3.8, 4) is 0 Å². The van der Waals surface area contributed by atoms with Crippen molar-refractivity contribution < 1.29 is 13.2 Å². The van der Waals surface area contributed by atoms with E-state index in [9.17, 15) is 13.2 Å². The molecule has 0 bridgehead atoms. The number of amides is 1. The van der Waals surface area contributed by atoms with Crippen LogP contribution in [0.1, 0.15) is 38.2 Å². The molecule has 116 valence electrons. The molecule has 1 fully saturated rings. The minimum atomic E-state index is -3.01. The SMILES string of the molecule is CC(CC(=O)NC1(C)CCS(=O)(=O)C1)c1ccc(N)cc1. The third kappa shape index (κ3) is 4.20. The molecule has 1 aromatic rings. The molecule has 0 spiro atoms. The van der Waals surface area contributed by atoms with E-state index < -0.39 is 15.4 Å². The van der Waals surface area contributed by atoms with Crippen molar-refractivity contribution in [2.75, 3.05) is 17.2 Å². The number of carbonyl (C=O) groups is 1. The molecule has 6 heteroatoms. The number of hydrogen-bond acceptors (Lipinski definition) is 4. The average Bonchev–Trinajstić information content (AvgIpc) is 2.63. The Kier molecular flexibility index (Phi) is 4.27. The number of rotatable bonds is 4. The molecule has 1 amide bonds. The van der Waals surface area contributed by atoms with E-state index in [0.29, 0.717) is 18.5 Å². The molecular weight excluding hydrogens is 288 g/mol. The fourth-order valence-corrected chi connectivity index (χ4v) is 4.81. The Bertz CT molecular complexity index is 625. The Balaban J connectivity index is 1.94. The normalized spacial score (nSPS) is 25.4. The second-order valence-corrected chi connectivity index (χ2v) is 8.41. The van der Waals surface area contributed by atoms with E-state index in [1.54, 1.807) is 6.92 Å². The number of nitrogen functional groups attached to an aromatic ring is 1. The third-order valence-corrected chi connectivity index (χ3v) is 5.84. The van der Waals surface area contributed by atoms with E-state index in [2.05, 4.69) is 5.32 Å². The van der Waals surface area contributed by atoms with Gasteiger partial charge in [0.1, 0.15) is 0 Å². The molecule has 2 rings (SSSR count). The van der Waals surface area contributed by atoms with Crippen molar-refractivity contribution in [1.82, 2.24) is 5.32 Å². The average molecular weight is 310 g/mol. The lowest BCUT2D eigenvalue weighted by Gasteiger charge is -2.25. The molecule has 1 aliphatic rings. The van der Waals surface area contributed by atoms with Crippen LogP contribution in [-0.4, -0.2) is 31.4 Å². The van der Waals surface area contributed by atoms with E-state index in [1.807, 2.05) is 31.2 Å². The van der Waals surface area contributed by atoms with Crippen LogP contribution < -0.4 is 11.1 Å². The molecule has 1 saturated heterocycles. The highest BCUT2D eigenvalue weighted by molar-refractivity contribution is 7.91.